The van der Waals surface area contributed by atoms with Crippen LogP contribution in [0.1, 0.15) is 36.4 Å². The summed E-state index contributed by atoms with van der Waals surface area (Å²) in [6.45, 7) is 1.55. The zero-order chi connectivity index (χ0) is 14.8. The molecule has 0 aliphatic carbocycles. The highest BCUT2D eigenvalue weighted by molar-refractivity contribution is 7.88. The zero-order valence-electron chi connectivity index (χ0n) is 12.5. The summed E-state index contributed by atoms with van der Waals surface area (Å²) in [4.78, 5) is 2.12. The van der Waals surface area contributed by atoms with E-state index in [0.717, 1.165) is 31.4 Å². The Morgan fingerprint density at radius 3 is 2.40 bits per heavy atom. The van der Waals surface area contributed by atoms with Gasteiger partial charge >= 0.3 is 0 Å². The highest BCUT2D eigenvalue weighted by atomic mass is 32.2. The van der Waals surface area contributed by atoms with E-state index in [9.17, 15) is 8.42 Å². The van der Waals surface area contributed by atoms with Crippen LogP contribution < -0.4 is 0 Å². The second-order valence-corrected chi connectivity index (χ2v) is 7.80. The summed E-state index contributed by atoms with van der Waals surface area (Å²) in [6.07, 6.45) is 4.28. The van der Waals surface area contributed by atoms with Gasteiger partial charge in [-0.3, -0.25) is 0 Å². The lowest BCUT2D eigenvalue weighted by Crippen LogP contribution is -2.37. The fraction of sp³-hybridized carbons (Fsp3) is 0.600. The lowest BCUT2D eigenvalue weighted by atomic mass is 9.96. The summed E-state index contributed by atoms with van der Waals surface area (Å²) in [5, 5.41) is 0. The highest BCUT2D eigenvalue weighted by Gasteiger charge is 2.30. The Labute approximate surface area is 122 Å². The van der Waals surface area contributed by atoms with Gasteiger partial charge in [-0.15, -0.1) is 0 Å². The summed E-state index contributed by atoms with van der Waals surface area (Å²) < 4.78 is 25.5. The van der Waals surface area contributed by atoms with Crippen LogP contribution in [0.4, 0.5) is 0 Å². The predicted octanol–water partition coefficient (Wildman–Crippen LogP) is 2.23. The molecule has 0 bridgehead atoms. The number of piperidine rings is 1. The van der Waals surface area contributed by atoms with Crippen molar-refractivity contribution in [3.63, 3.8) is 0 Å². The molecule has 0 radical (unpaired) electrons. The Morgan fingerprint density at radius 1 is 1.20 bits per heavy atom. The van der Waals surface area contributed by atoms with Crippen molar-refractivity contribution in [3.8, 4) is 0 Å². The zero-order valence-corrected chi connectivity index (χ0v) is 13.4. The second-order valence-electron chi connectivity index (χ2n) is 5.86. The first-order valence-electron chi connectivity index (χ1n) is 7.08. The minimum atomic E-state index is -3.13. The van der Waals surface area contributed by atoms with Crippen LogP contribution in [0, 0.1) is 0 Å². The largest absolute Gasteiger partial charge is 0.305 e. The SMILES string of the molecule is CN(C)Cc1ccc([C@@H]2CCCCN2S(C)(=O)=O)cc1. The topological polar surface area (TPSA) is 40.6 Å². The van der Waals surface area contributed by atoms with E-state index in [1.165, 1.54) is 11.8 Å². The maximum atomic E-state index is 11.9. The molecule has 1 aromatic carbocycles. The average molecular weight is 296 g/mol. The molecule has 1 aliphatic heterocycles. The van der Waals surface area contributed by atoms with Gasteiger partial charge in [-0.1, -0.05) is 30.7 Å². The van der Waals surface area contributed by atoms with Crippen LogP contribution in [0.3, 0.4) is 0 Å². The second kappa shape index (κ2) is 6.24. The first-order chi connectivity index (χ1) is 9.38. The van der Waals surface area contributed by atoms with Crippen molar-refractivity contribution in [1.82, 2.24) is 9.21 Å². The number of hydrogen-bond donors (Lipinski definition) is 0. The molecule has 2 rings (SSSR count). The molecule has 112 valence electrons. The Morgan fingerprint density at radius 2 is 1.85 bits per heavy atom. The summed E-state index contributed by atoms with van der Waals surface area (Å²) in [5.41, 5.74) is 2.36. The van der Waals surface area contributed by atoms with Crippen molar-refractivity contribution < 1.29 is 8.42 Å². The van der Waals surface area contributed by atoms with Gasteiger partial charge in [0.1, 0.15) is 0 Å². The van der Waals surface area contributed by atoms with Crippen molar-refractivity contribution >= 4 is 10.0 Å². The van der Waals surface area contributed by atoms with Crippen molar-refractivity contribution in [2.24, 2.45) is 0 Å². The van der Waals surface area contributed by atoms with Crippen LogP contribution in [0.2, 0.25) is 0 Å². The van der Waals surface area contributed by atoms with E-state index >= 15 is 0 Å². The molecular weight excluding hydrogens is 272 g/mol. The predicted molar refractivity (Wildman–Crippen MR) is 82.0 cm³/mol. The molecule has 0 spiro atoms. The van der Waals surface area contributed by atoms with Crippen LogP contribution in [-0.4, -0.2) is 44.5 Å². The molecule has 1 aromatic rings. The molecule has 4 nitrogen and oxygen atoms in total. The van der Waals surface area contributed by atoms with Crippen LogP contribution >= 0.6 is 0 Å². The fourth-order valence-corrected chi connectivity index (χ4v) is 4.00. The molecule has 5 heteroatoms. The first-order valence-corrected chi connectivity index (χ1v) is 8.93. The van der Waals surface area contributed by atoms with Gasteiger partial charge in [-0.2, -0.15) is 4.31 Å². The standard InChI is InChI=1S/C15H24N2O2S/c1-16(2)12-13-7-9-14(10-8-13)15-6-4-5-11-17(15)20(3,18)19/h7-10,15H,4-6,11-12H2,1-3H3/t15-/m0/s1. The van der Waals surface area contributed by atoms with Gasteiger partial charge < -0.3 is 4.90 Å². The molecule has 1 atom stereocenters. The lowest BCUT2D eigenvalue weighted by molar-refractivity contribution is 0.257. The number of sulfonamides is 1. The van der Waals surface area contributed by atoms with Crippen LogP contribution in [0.25, 0.3) is 0 Å². The molecule has 0 saturated carbocycles. The van der Waals surface area contributed by atoms with Crippen LogP contribution in [0.5, 0.6) is 0 Å². The molecule has 1 fully saturated rings. The normalized spacial score (nSPS) is 21.3. The molecule has 0 amide bonds. The lowest BCUT2D eigenvalue weighted by Gasteiger charge is -2.34. The van der Waals surface area contributed by atoms with E-state index in [-0.39, 0.29) is 6.04 Å². The third-order valence-electron chi connectivity index (χ3n) is 3.74. The molecule has 0 unspecified atom stereocenters. The Bertz CT molecular complexity index is 537. The van der Waals surface area contributed by atoms with E-state index in [2.05, 4.69) is 29.2 Å². The number of hydrogen-bond acceptors (Lipinski definition) is 3. The molecular formula is C15H24N2O2S. The molecule has 1 heterocycles. The van der Waals surface area contributed by atoms with Crippen LogP contribution in [0.15, 0.2) is 24.3 Å². The molecule has 20 heavy (non-hydrogen) atoms. The maximum absolute atomic E-state index is 11.9. The minimum absolute atomic E-state index is 0.00663. The molecule has 1 saturated heterocycles. The van der Waals surface area contributed by atoms with Crippen LogP contribution in [-0.2, 0) is 16.6 Å². The van der Waals surface area contributed by atoms with Crippen molar-refractivity contribution in [3.05, 3.63) is 35.4 Å². The highest BCUT2D eigenvalue weighted by Crippen LogP contribution is 2.32. The monoisotopic (exact) mass is 296 g/mol. The van der Waals surface area contributed by atoms with Gasteiger partial charge in [0.2, 0.25) is 10.0 Å². The quantitative estimate of drug-likeness (QED) is 0.855. The third kappa shape index (κ3) is 3.81. The van der Waals surface area contributed by atoms with E-state index < -0.39 is 10.0 Å². The van der Waals surface area contributed by atoms with Crippen molar-refractivity contribution in [1.29, 1.82) is 0 Å². The van der Waals surface area contributed by atoms with Crippen molar-refractivity contribution in [2.75, 3.05) is 26.9 Å². The fourth-order valence-electron chi connectivity index (χ4n) is 2.85. The van der Waals surface area contributed by atoms with E-state index in [4.69, 9.17) is 0 Å². The summed E-state index contributed by atoms with van der Waals surface area (Å²) >= 11 is 0. The Balaban J connectivity index is 2.20. The molecule has 0 N–H and O–H groups in total. The smallest absolute Gasteiger partial charge is 0.211 e. The maximum Gasteiger partial charge on any atom is 0.211 e. The van der Waals surface area contributed by atoms with Gasteiger partial charge in [0.25, 0.3) is 0 Å². The van der Waals surface area contributed by atoms with E-state index in [1.807, 2.05) is 14.1 Å². The summed E-state index contributed by atoms with van der Waals surface area (Å²) in [7, 11) is 0.957. The van der Waals surface area contributed by atoms with E-state index in [1.54, 1.807) is 4.31 Å². The molecule has 1 aliphatic rings. The summed E-state index contributed by atoms with van der Waals surface area (Å²) in [6, 6.07) is 8.36. The van der Waals surface area contributed by atoms with Crippen molar-refractivity contribution in [2.45, 2.75) is 31.8 Å². The number of benzene rings is 1. The molecule has 0 aromatic heterocycles. The van der Waals surface area contributed by atoms with Gasteiger partial charge in [0, 0.05) is 19.1 Å². The Kier molecular flexibility index (Phi) is 4.83. The van der Waals surface area contributed by atoms with E-state index in [0.29, 0.717) is 6.54 Å². The van der Waals surface area contributed by atoms with Gasteiger partial charge in [0.05, 0.1) is 6.26 Å². The average Bonchev–Trinajstić information content (AvgIpc) is 2.38. The third-order valence-corrected chi connectivity index (χ3v) is 5.03. The minimum Gasteiger partial charge on any atom is -0.305 e. The number of nitrogens with zero attached hydrogens (tertiary/aromatic N) is 2. The number of rotatable bonds is 4. The van der Waals surface area contributed by atoms with Gasteiger partial charge in [-0.25, -0.2) is 8.42 Å². The van der Waals surface area contributed by atoms with Gasteiger partial charge in [0.15, 0.2) is 0 Å². The Hall–Kier alpha value is -0.910. The van der Waals surface area contributed by atoms with Gasteiger partial charge in [-0.05, 0) is 38.1 Å². The first kappa shape index (κ1) is 15.5. The summed E-state index contributed by atoms with van der Waals surface area (Å²) in [5.74, 6) is 0.